The molecule has 0 atom stereocenters. The summed E-state index contributed by atoms with van der Waals surface area (Å²) >= 11 is 3.48. The van der Waals surface area contributed by atoms with Crippen LogP contribution in [0.3, 0.4) is 0 Å². The molecule has 6 nitrogen and oxygen atoms in total. The number of aromatic nitrogens is 3. The Hall–Kier alpha value is -2.61. The number of nitrogen functional groups attached to an aromatic ring is 1. The first-order valence-corrected chi connectivity index (χ1v) is 8.26. The molecule has 0 saturated carbocycles. The van der Waals surface area contributed by atoms with Gasteiger partial charge in [-0.15, -0.1) is 0 Å². The highest BCUT2D eigenvalue weighted by molar-refractivity contribution is 9.10. The first-order chi connectivity index (χ1) is 11.7. The van der Waals surface area contributed by atoms with E-state index in [-0.39, 0.29) is 17.3 Å². The van der Waals surface area contributed by atoms with Crippen LogP contribution in [0.1, 0.15) is 16.8 Å². The minimum atomic E-state index is -0.621. The number of phenols is 1. The zero-order valence-electron chi connectivity index (χ0n) is 13.9. The molecule has 25 heavy (non-hydrogen) atoms. The highest BCUT2D eigenvalue weighted by Gasteiger charge is 2.25. The normalized spacial score (nSPS) is 11.1. The summed E-state index contributed by atoms with van der Waals surface area (Å²) in [5, 5.41) is 21.8. The summed E-state index contributed by atoms with van der Waals surface area (Å²) in [5.41, 5.74) is 9.15. The van der Waals surface area contributed by atoms with E-state index in [2.05, 4.69) is 21.0 Å². The molecule has 0 fully saturated rings. The van der Waals surface area contributed by atoms with Gasteiger partial charge in [0.1, 0.15) is 23.0 Å². The zero-order chi connectivity index (χ0) is 18.5. The lowest BCUT2D eigenvalue weighted by Crippen LogP contribution is -2.14. The second kappa shape index (κ2) is 6.03. The van der Waals surface area contributed by atoms with E-state index >= 15 is 0 Å². The van der Waals surface area contributed by atoms with Crippen LogP contribution in [0.4, 0.5) is 4.39 Å². The highest BCUT2D eigenvalue weighted by atomic mass is 79.9. The number of halogens is 2. The number of hydrogen-bond donors (Lipinski definition) is 3. The van der Waals surface area contributed by atoms with Gasteiger partial charge >= 0.3 is 0 Å². The predicted octanol–water partition coefficient (Wildman–Crippen LogP) is 3.39. The van der Waals surface area contributed by atoms with Crippen LogP contribution in [-0.4, -0.2) is 25.3 Å². The Bertz CT molecular complexity index is 1010. The van der Waals surface area contributed by atoms with E-state index in [1.54, 1.807) is 6.92 Å². The minimum Gasteiger partial charge on any atom is -0.508 e. The molecular weight excluding hydrogens is 389 g/mol. The Morgan fingerprint density at radius 1 is 1.28 bits per heavy atom. The average molecular weight is 406 g/mol. The third kappa shape index (κ3) is 2.72. The second-order valence-electron chi connectivity index (χ2n) is 5.83. The van der Waals surface area contributed by atoms with Crippen molar-refractivity contribution >= 4 is 21.8 Å². The maximum absolute atomic E-state index is 14.5. The summed E-state index contributed by atoms with van der Waals surface area (Å²) in [6.45, 7) is 3.65. The summed E-state index contributed by atoms with van der Waals surface area (Å²) in [6, 6.07) is 5.79. The number of phenolic OH excluding ortho intramolecular Hbond substituents is 1. The number of benzene rings is 1. The monoisotopic (exact) mass is 405 g/mol. The smallest absolute Gasteiger partial charge is 0.152 e. The van der Waals surface area contributed by atoms with Gasteiger partial charge in [0, 0.05) is 13.1 Å². The topological polar surface area (TPSA) is 92.9 Å². The SMILES string of the molecule is Cc1cc(Br)n(C)c1-c1c(C(=N)N)c(C)nn1-c1ccc(O)cc1F. The van der Waals surface area contributed by atoms with Crippen molar-refractivity contribution in [2.24, 2.45) is 12.8 Å². The molecule has 4 N–H and O–H groups in total. The lowest BCUT2D eigenvalue weighted by atomic mass is 10.1. The van der Waals surface area contributed by atoms with Crippen molar-refractivity contribution in [1.29, 1.82) is 5.41 Å². The van der Waals surface area contributed by atoms with Crippen LogP contribution in [0.25, 0.3) is 17.1 Å². The van der Waals surface area contributed by atoms with E-state index in [0.29, 0.717) is 17.0 Å². The summed E-state index contributed by atoms with van der Waals surface area (Å²) in [7, 11) is 1.86. The molecule has 0 radical (unpaired) electrons. The Balaban J connectivity index is 2.42. The van der Waals surface area contributed by atoms with Crippen molar-refractivity contribution in [3.8, 4) is 22.8 Å². The van der Waals surface area contributed by atoms with Crippen LogP contribution < -0.4 is 5.73 Å². The van der Waals surface area contributed by atoms with Crippen molar-refractivity contribution < 1.29 is 9.50 Å². The molecule has 2 aromatic heterocycles. The van der Waals surface area contributed by atoms with Crippen molar-refractivity contribution in [3.63, 3.8) is 0 Å². The van der Waals surface area contributed by atoms with Gasteiger partial charge in [-0.25, -0.2) is 9.07 Å². The van der Waals surface area contributed by atoms with Crippen molar-refractivity contribution in [3.05, 3.63) is 51.5 Å². The number of aryl methyl sites for hydroxylation is 2. The molecule has 3 aromatic rings. The Kier molecular flexibility index (Phi) is 4.16. The molecule has 0 bridgehead atoms. The van der Waals surface area contributed by atoms with Gasteiger partial charge in [0.05, 0.1) is 21.6 Å². The Labute approximate surface area is 152 Å². The molecule has 0 amide bonds. The van der Waals surface area contributed by atoms with Gasteiger partial charge in [-0.3, -0.25) is 5.41 Å². The third-order valence-electron chi connectivity index (χ3n) is 4.08. The summed E-state index contributed by atoms with van der Waals surface area (Å²) in [5.74, 6) is -0.935. The molecule has 0 aliphatic carbocycles. The van der Waals surface area contributed by atoms with Crippen LogP contribution >= 0.6 is 15.9 Å². The maximum atomic E-state index is 14.5. The van der Waals surface area contributed by atoms with Crippen LogP contribution in [-0.2, 0) is 7.05 Å². The van der Waals surface area contributed by atoms with E-state index < -0.39 is 5.82 Å². The molecule has 8 heteroatoms. The number of aromatic hydroxyl groups is 1. The number of nitrogens with two attached hydrogens (primary N) is 1. The van der Waals surface area contributed by atoms with Crippen molar-refractivity contribution in [2.45, 2.75) is 13.8 Å². The number of nitrogens with one attached hydrogen (secondary N) is 1. The van der Waals surface area contributed by atoms with Crippen LogP contribution in [0.15, 0.2) is 28.9 Å². The highest BCUT2D eigenvalue weighted by Crippen LogP contribution is 2.35. The predicted molar refractivity (Wildman–Crippen MR) is 97.8 cm³/mol. The molecular formula is C17H17BrFN5O. The van der Waals surface area contributed by atoms with Crippen LogP contribution in [0.2, 0.25) is 0 Å². The fraction of sp³-hybridized carbons (Fsp3) is 0.176. The summed E-state index contributed by atoms with van der Waals surface area (Å²) in [4.78, 5) is 0. The number of hydrogen-bond acceptors (Lipinski definition) is 3. The van der Waals surface area contributed by atoms with Gasteiger partial charge in [0.25, 0.3) is 0 Å². The molecule has 3 rings (SSSR count). The van der Waals surface area contributed by atoms with E-state index in [1.165, 1.54) is 16.8 Å². The largest absolute Gasteiger partial charge is 0.508 e. The average Bonchev–Trinajstić information content (AvgIpc) is 2.96. The lowest BCUT2D eigenvalue weighted by molar-refractivity contribution is 0.468. The maximum Gasteiger partial charge on any atom is 0.152 e. The Morgan fingerprint density at radius 2 is 1.96 bits per heavy atom. The van der Waals surface area contributed by atoms with Crippen LogP contribution in [0.5, 0.6) is 5.75 Å². The third-order valence-corrected chi connectivity index (χ3v) is 4.84. The minimum absolute atomic E-state index is 0.144. The van der Waals surface area contributed by atoms with E-state index in [4.69, 9.17) is 11.1 Å². The fourth-order valence-electron chi connectivity index (χ4n) is 2.97. The molecule has 1 aromatic carbocycles. The first kappa shape index (κ1) is 17.2. The second-order valence-corrected chi connectivity index (χ2v) is 6.64. The zero-order valence-corrected chi connectivity index (χ0v) is 15.5. The van der Waals surface area contributed by atoms with Gasteiger partial charge in [-0.05, 0) is 53.5 Å². The van der Waals surface area contributed by atoms with Gasteiger partial charge in [-0.1, -0.05) is 0 Å². The number of amidine groups is 1. The van der Waals surface area contributed by atoms with E-state index in [1.807, 2.05) is 24.6 Å². The van der Waals surface area contributed by atoms with E-state index in [0.717, 1.165) is 21.9 Å². The first-order valence-electron chi connectivity index (χ1n) is 7.47. The van der Waals surface area contributed by atoms with Gasteiger partial charge in [-0.2, -0.15) is 5.10 Å². The fourth-order valence-corrected chi connectivity index (χ4v) is 3.49. The number of rotatable bonds is 3. The van der Waals surface area contributed by atoms with Crippen molar-refractivity contribution in [1.82, 2.24) is 14.3 Å². The Morgan fingerprint density at radius 3 is 2.48 bits per heavy atom. The molecule has 0 aliphatic heterocycles. The molecule has 0 aliphatic rings. The van der Waals surface area contributed by atoms with Gasteiger partial charge in [0.2, 0.25) is 0 Å². The van der Waals surface area contributed by atoms with Gasteiger partial charge < -0.3 is 15.4 Å². The standard InChI is InChI=1S/C17H17BrFN5O/c1-8-6-13(18)23(3)15(8)16-14(17(20)21)9(2)22-24(16)12-5-4-10(25)7-11(12)19/h4-7,25H,1-3H3,(H3,20,21). The summed E-state index contributed by atoms with van der Waals surface area (Å²) in [6.07, 6.45) is 0. The quantitative estimate of drug-likeness (QED) is 0.460. The van der Waals surface area contributed by atoms with Gasteiger partial charge in [0.15, 0.2) is 5.82 Å². The lowest BCUT2D eigenvalue weighted by Gasteiger charge is -2.13. The summed E-state index contributed by atoms with van der Waals surface area (Å²) < 4.78 is 18.6. The number of nitrogens with zero attached hydrogens (tertiary/aromatic N) is 3. The molecule has 2 heterocycles. The van der Waals surface area contributed by atoms with E-state index in [9.17, 15) is 9.50 Å². The molecule has 0 spiro atoms. The van der Waals surface area contributed by atoms with Crippen LogP contribution in [0, 0.1) is 25.1 Å². The molecule has 130 valence electrons. The molecule has 0 saturated heterocycles. The molecule has 0 unspecified atom stereocenters. The van der Waals surface area contributed by atoms with Crippen molar-refractivity contribution in [2.75, 3.05) is 0 Å².